The van der Waals surface area contributed by atoms with Crippen molar-refractivity contribution in [1.82, 2.24) is 4.57 Å². The molecular weight excluding hydrogens is 372 g/mol. The van der Waals surface area contributed by atoms with E-state index in [1.165, 1.54) is 29.8 Å². The minimum atomic E-state index is -0.544. The van der Waals surface area contributed by atoms with Gasteiger partial charge in [0.25, 0.3) is 5.56 Å². The number of rotatable bonds is 3. The largest absolute Gasteiger partial charge is 0.466 e. The molecular formula is C18H14N2O4S2. The molecule has 0 aliphatic carbocycles. The fourth-order valence-electron chi connectivity index (χ4n) is 2.91. The molecule has 1 atom stereocenters. The number of carbonyl (C=O) groups is 1. The molecule has 1 aliphatic heterocycles. The molecule has 1 aliphatic rings. The Morgan fingerprint density at radius 3 is 2.88 bits per heavy atom. The van der Waals surface area contributed by atoms with Crippen LogP contribution in [0.25, 0.3) is 6.08 Å². The second-order valence-electron chi connectivity index (χ2n) is 5.60. The van der Waals surface area contributed by atoms with Crippen LogP contribution in [-0.4, -0.2) is 17.6 Å². The van der Waals surface area contributed by atoms with E-state index in [1.54, 1.807) is 36.0 Å². The number of hydrogen-bond donors (Lipinski definition) is 0. The fourth-order valence-corrected chi connectivity index (χ4v) is 4.76. The van der Waals surface area contributed by atoms with Crippen LogP contribution in [0, 0.1) is 0 Å². The van der Waals surface area contributed by atoms with Crippen LogP contribution in [0.4, 0.5) is 0 Å². The Morgan fingerprint density at radius 1 is 1.38 bits per heavy atom. The van der Waals surface area contributed by atoms with Gasteiger partial charge in [-0.3, -0.25) is 9.36 Å². The molecule has 0 saturated heterocycles. The number of allylic oxidation sites excluding steroid dienone is 1. The number of ether oxygens (including phenoxy) is 1. The lowest BCUT2D eigenvalue weighted by Gasteiger charge is -2.22. The molecule has 3 aromatic rings. The number of hydrogen-bond acceptors (Lipinski definition) is 7. The molecule has 4 heterocycles. The lowest BCUT2D eigenvalue weighted by atomic mass is 10.0. The van der Waals surface area contributed by atoms with Crippen molar-refractivity contribution in [3.05, 3.63) is 77.5 Å². The minimum absolute atomic E-state index is 0.211. The van der Waals surface area contributed by atoms with Crippen LogP contribution in [-0.2, 0) is 9.53 Å². The number of furan rings is 1. The zero-order chi connectivity index (χ0) is 18.3. The number of thiazole rings is 1. The van der Waals surface area contributed by atoms with E-state index in [4.69, 9.17) is 9.15 Å². The summed E-state index contributed by atoms with van der Waals surface area (Å²) < 4.78 is 12.3. The Morgan fingerprint density at radius 2 is 2.23 bits per heavy atom. The van der Waals surface area contributed by atoms with E-state index in [-0.39, 0.29) is 5.56 Å². The molecule has 26 heavy (non-hydrogen) atoms. The van der Waals surface area contributed by atoms with Crippen LogP contribution in [0.5, 0.6) is 0 Å². The van der Waals surface area contributed by atoms with Crippen molar-refractivity contribution in [2.45, 2.75) is 13.0 Å². The van der Waals surface area contributed by atoms with E-state index in [1.807, 2.05) is 17.5 Å². The molecule has 8 heteroatoms. The number of methoxy groups -OCH3 is 1. The highest BCUT2D eigenvalue weighted by Gasteiger charge is 2.33. The summed E-state index contributed by atoms with van der Waals surface area (Å²) in [5.41, 5.74) is 0.727. The minimum Gasteiger partial charge on any atom is -0.466 e. The van der Waals surface area contributed by atoms with Gasteiger partial charge in [0, 0.05) is 11.0 Å². The van der Waals surface area contributed by atoms with Crippen molar-refractivity contribution >= 4 is 34.7 Å². The molecule has 0 fully saturated rings. The van der Waals surface area contributed by atoms with Gasteiger partial charge in [-0.05, 0) is 30.5 Å². The van der Waals surface area contributed by atoms with Crippen molar-refractivity contribution in [2.75, 3.05) is 7.11 Å². The predicted octanol–water partition coefficient (Wildman–Crippen LogP) is 2.06. The van der Waals surface area contributed by atoms with Gasteiger partial charge in [0.15, 0.2) is 4.80 Å². The average Bonchev–Trinajstić information content (AvgIpc) is 3.37. The van der Waals surface area contributed by atoms with Crippen LogP contribution >= 0.6 is 22.7 Å². The topological polar surface area (TPSA) is 73.8 Å². The SMILES string of the molecule is COC(=O)C1=C(C)N=c2s/c(=C\c3ccco3)c(=O)n2C1c1cccs1. The molecule has 0 saturated carbocycles. The second kappa shape index (κ2) is 6.54. The van der Waals surface area contributed by atoms with Crippen LogP contribution in [0.15, 0.2) is 61.4 Å². The number of carbonyl (C=O) groups excluding carboxylic acids is 1. The highest BCUT2D eigenvalue weighted by Crippen LogP contribution is 2.32. The summed E-state index contributed by atoms with van der Waals surface area (Å²) in [7, 11) is 1.33. The van der Waals surface area contributed by atoms with Crippen molar-refractivity contribution in [3.63, 3.8) is 0 Å². The molecule has 0 radical (unpaired) electrons. The standard InChI is InChI=1S/C18H14N2O4S2/c1-10-14(17(22)23-2)15(12-6-4-8-25-12)20-16(21)13(26-18(20)19-10)9-11-5-3-7-24-11/h3-9,15H,1-2H3/b13-9-. The van der Waals surface area contributed by atoms with Crippen molar-refractivity contribution in [1.29, 1.82) is 0 Å². The van der Waals surface area contributed by atoms with Gasteiger partial charge < -0.3 is 9.15 Å². The zero-order valence-corrected chi connectivity index (χ0v) is 15.6. The third-order valence-corrected chi connectivity index (χ3v) is 5.96. The second-order valence-corrected chi connectivity index (χ2v) is 7.59. The Bertz CT molecular complexity index is 1170. The van der Waals surface area contributed by atoms with Gasteiger partial charge in [0.05, 0.1) is 29.2 Å². The maximum atomic E-state index is 13.1. The molecule has 6 nitrogen and oxygen atoms in total. The molecule has 4 rings (SSSR count). The maximum absolute atomic E-state index is 13.1. The van der Waals surface area contributed by atoms with E-state index >= 15 is 0 Å². The number of aromatic nitrogens is 1. The molecule has 0 amide bonds. The first-order valence-corrected chi connectivity index (χ1v) is 9.47. The van der Waals surface area contributed by atoms with Gasteiger partial charge in [-0.1, -0.05) is 17.4 Å². The van der Waals surface area contributed by atoms with Gasteiger partial charge in [-0.25, -0.2) is 9.79 Å². The fraction of sp³-hybridized carbons (Fsp3) is 0.167. The first-order chi connectivity index (χ1) is 12.6. The maximum Gasteiger partial charge on any atom is 0.338 e. The number of fused-ring (bicyclic) bond motifs is 1. The van der Waals surface area contributed by atoms with Crippen molar-refractivity contribution in [2.24, 2.45) is 4.99 Å². The first-order valence-electron chi connectivity index (χ1n) is 7.78. The third-order valence-electron chi connectivity index (χ3n) is 4.06. The van der Waals surface area contributed by atoms with E-state index in [0.717, 1.165) is 4.88 Å². The van der Waals surface area contributed by atoms with E-state index < -0.39 is 12.0 Å². The van der Waals surface area contributed by atoms with Crippen LogP contribution in [0.1, 0.15) is 23.6 Å². The van der Waals surface area contributed by atoms with Crippen LogP contribution < -0.4 is 14.9 Å². The van der Waals surface area contributed by atoms with E-state index in [0.29, 0.717) is 26.4 Å². The van der Waals surface area contributed by atoms with E-state index in [2.05, 4.69) is 4.99 Å². The summed E-state index contributed by atoms with van der Waals surface area (Å²) in [5.74, 6) is 0.108. The summed E-state index contributed by atoms with van der Waals surface area (Å²) >= 11 is 2.76. The normalized spacial score (nSPS) is 17.2. The van der Waals surface area contributed by atoms with E-state index in [9.17, 15) is 9.59 Å². The van der Waals surface area contributed by atoms with Crippen molar-refractivity contribution in [3.8, 4) is 0 Å². The summed E-state index contributed by atoms with van der Waals surface area (Å²) in [6.45, 7) is 1.76. The molecule has 132 valence electrons. The Kier molecular flexibility index (Phi) is 4.21. The smallest absolute Gasteiger partial charge is 0.338 e. The van der Waals surface area contributed by atoms with Crippen molar-refractivity contribution < 1.29 is 13.9 Å². The molecule has 1 unspecified atom stereocenters. The lowest BCUT2D eigenvalue weighted by Crippen LogP contribution is -2.39. The molecule has 0 spiro atoms. The third kappa shape index (κ3) is 2.67. The van der Waals surface area contributed by atoms with Gasteiger partial charge >= 0.3 is 5.97 Å². The van der Waals surface area contributed by atoms with Crippen LogP contribution in [0.2, 0.25) is 0 Å². The quantitative estimate of drug-likeness (QED) is 0.646. The van der Waals surface area contributed by atoms with Gasteiger partial charge in [-0.2, -0.15) is 0 Å². The lowest BCUT2D eigenvalue weighted by molar-refractivity contribution is -0.136. The van der Waals surface area contributed by atoms with Gasteiger partial charge in [-0.15, -0.1) is 11.3 Å². The summed E-state index contributed by atoms with van der Waals surface area (Å²) in [5, 5.41) is 1.91. The number of esters is 1. The molecule has 0 aromatic carbocycles. The first kappa shape index (κ1) is 16.7. The Balaban J connectivity index is 2.00. The Hall–Kier alpha value is -2.71. The molecule has 3 aromatic heterocycles. The average molecular weight is 386 g/mol. The summed E-state index contributed by atoms with van der Waals surface area (Å²) in [6.07, 6.45) is 3.24. The Labute approximate surface area is 156 Å². The number of thiophene rings is 1. The zero-order valence-electron chi connectivity index (χ0n) is 14.0. The molecule has 0 N–H and O–H groups in total. The predicted molar refractivity (Wildman–Crippen MR) is 98.8 cm³/mol. The van der Waals surface area contributed by atoms with Crippen LogP contribution in [0.3, 0.4) is 0 Å². The van der Waals surface area contributed by atoms with Gasteiger partial charge in [0.1, 0.15) is 11.8 Å². The monoisotopic (exact) mass is 386 g/mol. The highest BCUT2D eigenvalue weighted by atomic mass is 32.1. The van der Waals surface area contributed by atoms with Gasteiger partial charge in [0.2, 0.25) is 0 Å². The summed E-state index contributed by atoms with van der Waals surface area (Å²) in [6, 6.07) is 6.79. The molecule has 0 bridgehead atoms. The summed E-state index contributed by atoms with van der Waals surface area (Å²) in [4.78, 5) is 31.4. The number of nitrogens with zero attached hydrogens (tertiary/aromatic N) is 2. The highest BCUT2D eigenvalue weighted by molar-refractivity contribution is 7.10.